The summed E-state index contributed by atoms with van der Waals surface area (Å²) in [5.41, 5.74) is 1.14. The quantitative estimate of drug-likeness (QED) is 0.487. The van der Waals surface area contributed by atoms with E-state index in [4.69, 9.17) is 0 Å². The molecule has 0 bridgehead atoms. The highest BCUT2D eigenvalue weighted by atomic mass is 14.9. The van der Waals surface area contributed by atoms with Gasteiger partial charge < -0.3 is 5.32 Å². The number of allylic oxidation sites excluding steroid dienone is 2. The third kappa shape index (κ3) is 7.10. The number of rotatable bonds is 4. The number of hydrogen-bond acceptors (Lipinski definition) is 1. The van der Waals surface area contributed by atoms with Crippen molar-refractivity contribution in [2.75, 3.05) is 6.54 Å². The summed E-state index contributed by atoms with van der Waals surface area (Å²) < 4.78 is 0. The van der Waals surface area contributed by atoms with Crippen LogP contribution in [0.25, 0.3) is 0 Å². The van der Waals surface area contributed by atoms with E-state index >= 15 is 0 Å². The lowest BCUT2D eigenvalue weighted by Gasteiger charge is -1.99. The maximum atomic E-state index is 4.18. The van der Waals surface area contributed by atoms with Gasteiger partial charge in [0.05, 0.1) is 6.34 Å². The summed E-state index contributed by atoms with van der Waals surface area (Å²) in [5, 5.41) is 3.06. The van der Waals surface area contributed by atoms with Gasteiger partial charge in [-0.05, 0) is 19.8 Å². The molecule has 0 aliphatic rings. The Morgan fingerprint density at radius 3 is 2.64 bits per heavy atom. The molecule has 0 heterocycles. The Morgan fingerprint density at radius 2 is 2.18 bits per heavy atom. The second-order valence-electron chi connectivity index (χ2n) is 3.00. The van der Waals surface area contributed by atoms with Gasteiger partial charge in [0.2, 0.25) is 0 Å². The first-order valence-electron chi connectivity index (χ1n) is 4.04. The van der Waals surface area contributed by atoms with Gasteiger partial charge in [-0.25, -0.2) is 0 Å². The molecule has 64 valence electrons. The zero-order valence-corrected chi connectivity index (χ0v) is 7.89. The standard InChI is InChI=1S/C9H18N2/c1-5-9(4)11-7-10-6-8(2)3/h5,7-8H,6H2,1-4H3,(H,10,11). The maximum absolute atomic E-state index is 4.18. The highest BCUT2D eigenvalue weighted by Gasteiger charge is 1.86. The number of nitrogens with zero attached hydrogens (tertiary/aromatic N) is 1. The van der Waals surface area contributed by atoms with E-state index in [2.05, 4.69) is 24.2 Å². The van der Waals surface area contributed by atoms with Crippen molar-refractivity contribution in [2.24, 2.45) is 10.9 Å². The lowest BCUT2D eigenvalue weighted by atomic mass is 10.2. The summed E-state index contributed by atoms with van der Waals surface area (Å²) >= 11 is 0. The summed E-state index contributed by atoms with van der Waals surface area (Å²) in [5.74, 6) is 0.638. The highest BCUT2D eigenvalue weighted by molar-refractivity contribution is 5.56. The summed E-state index contributed by atoms with van der Waals surface area (Å²) in [6.45, 7) is 9.21. The van der Waals surface area contributed by atoms with Crippen molar-refractivity contribution in [3.8, 4) is 0 Å². The minimum Gasteiger partial charge on any atom is -0.351 e. The van der Waals surface area contributed by atoms with Crippen LogP contribution in [0.15, 0.2) is 16.8 Å². The zero-order chi connectivity index (χ0) is 8.69. The lowest BCUT2D eigenvalue weighted by molar-refractivity contribution is 0.665. The van der Waals surface area contributed by atoms with Gasteiger partial charge in [0.1, 0.15) is 0 Å². The predicted molar refractivity (Wildman–Crippen MR) is 50.8 cm³/mol. The van der Waals surface area contributed by atoms with Gasteiger partial charge >= 0.3 is 0 Å². The molecule has 0 aliphatic heterocycles. The first-order chi connectivity index (χ1) is 5.16. The van der Waals surface area contributed by atoms with Crippen molar-refractivity contribution in [2.45, 2.75) is 27.7 Å². The van der Waals surface area contributed by atoms with Crippen molar-refractivity contribution in [1.82, 2.24) is 5.32 Å². The van der Waals surface area contributed by atoms with Gasteiger partial charge in [-0.15, -0.1) is 0 Å². The van der Waals surface area contributed by atoms with Crippen LogP contribution < -0.4 is 5.32 Å². The van der Waals surface area contributed by atoms with Crippen LogP contribution in [-0.2, 0) is 0 Å². The van der Waals surface area contributed by atoms with Crippen LogP contribution in [0, 0.1) is 5.92 Å². The molecule has 0 aromatic rings. The molecule has 0 atom stereocenters. The molecule has 0 fully saturated rings. The van der Waals surface area contributed by atoms with Gasteiger partial charge in [0, 0.05) is 12.2 Å². The minimum atomic E-state index is 0.638. The Balaban J connectivity index is 3.45. The first-order valence-corrected chi connectivity index (χ1v) is 4.04. The fourth-order valence-electron chi connectivity index (χ4n) is 0.494. The minimum absolute atomic E-state index is 0.638. The molecule has 0 amide bonds. The first kappa shape index (κ1) is 10.2. The number of hydrogen-bond donors (Lipinski definition) is 1. The van der Waals surface area contributed by atoms with Crippen LogP contribution >= 0.6 is 0 Å². The molecular weight excluding hydrogens is 136 g/mol. The van der Waals surface area contributed by atoms with Gasteiger partial charge in [-0.3, -0.25) is 4.99 Å². The average Bonchev–Trinajstić information content (AvgIpc) is 1.97. The molecule has 0 aromatic heterocycles. The molecule has 11 heavy (non-hydrogen) atoms. The van der Waals surface area contributed by atoms with Crippen LogP contribution in [0.4, 0.5) is 0 Å². The van der Waals surface area contributed by atoms with Crippen molar-refractivity contribution in [1.29, 1.82) is 0 Å². The summed E-state index contributed by atoms with van der Waals surface area (Å²) in [7, 11) is 0. The van der Waals surface area contributed by atoms with E-state index in [1.807, 2.05) is 19.9 Å². The molecule has 0 aliphatic carbocycles. The third-order valence-corrected chi connectivity index (χ3v) is 1.29. The van der Waals surface area contributed by atoms with Crippen molar-refractivity contribution >= 4 is 6.34 Å². The molecule has 2 nitrogen and oxygen atoms in total. The smallest absolute Gasteiger partial charge is 0.0865 e. The summed E-state index contributed by atoms with van der Waals surface area (Å²) in [6.07, 6.45) is 3.77. The van der Waals surface area contributed by atoms with E-state index in [-0.39, 0.29) is 0 Å². The molecule has 0 unspecified atom stereocenters. The Morgan fingerprint density at radius 1 is 1.55 bits per heavy atom. The van der Waals surface area contributed by atoms with Crippen LogP contribution in [0.5, 0.6) is 0 Å². The van der Waals surface area contributed by atoms with E-state index < -0.39 is 0 Å². The predicted octanol–water partition coefficient (Wildman–Crippen LogP) is 2.18. The SMILES string of the molecule is CC=C(C)NC=NCC(C)C. The summed E-state index contributed by atoms with van der Waals surface area (Å²) in [6, 6.07) is 0. The molecule has 0 saturated heterocycles. The normalized spacial score (nSPS) is 13.0. The van der Waals surface area contributed by atoms with Crippen LogP contribution in [0.1, 0.15) is 27.7 Å². The third-order valence-electron chi connectivity index (χ3n) is 1.29. The fourth-order valence-corrected chi connectivity index (χ4v) is 0.494. The van der Waals surface area contributed by atoms with Gasteiger partial charge in [0.15, 0.2) is 0 Å². The van der Waals surface area contributed by atoms with Crippen LogP contribution in [0.3, 0.4) is 0 Å². The maximum Gasteiger partial charge on any atom is 0.0865 e. The van der Waals surface area contributed by atoms with E-state index in [1.165, 1.54) is 0 Å². The molecule has 1 N–H and O–H groups in total. The van der Waals surface area contributed by atoms with Crippen LogP contribution in [-0.4, -0.2) is 12.9 Å². The monoisotopic (exact) mass is 154 g/mol. The average molecular weight is 154 g/mol. The second-order valence-corrected chi connectivity index (χ2v) is 3.00. The molecular formula is C9H18N2. The van der Waals surface area contributed by atoms with E-state index in [1.54, 1.807) is 6.34 Å². The van der Waals surface area contributed by atoms with Gasteiger partial charge in [-0.1, -0.05) is 19.9 Å². The number of nitrogens with one attached hydrogen (secondary N) is 1. The summed E-state index contributed by atoms with van der Waals surface area (Å²) in [4.78, 5) is 4.18. The molecule has 0 saturated carbocycles. The van der Waals surface area contributed by atoms with Gasteiger partial charge in [-0.2, -0.15) is 0 Å². The molecule has 0 radical (unpaired) electrons. The Labute approximate surface area is 69.4 Å². The van der Waals surface area contributed by atoms with E-state index in [0.29, 0.717) is 5.92 Å². The van der Waals surface area contributed by atoms with Gasteiger partial charge in [0.25, 0.3) is 0 Å². The molecule has 2 heteroatoms. The lowest BCUT2D eigenvalue weighted by Crippen LogP contribution is -2.08. The topological polar surface area (TPSA) is 24.4 Å². The second kappa shape index (κ2) is 5.96. The van der Waals surface area contributed by atoms with Crippen molar-refractivity contribution < 1.29 is 0 Å². The van der Waals surface area contributed by atoms with E-state index in [0.717, 1.165) is 12.2 Å². The van der Waals surface area contributed by atoms with Crippen LogP contribution in [0.2, 0.25) is 0 Å². The van der Waals surface area contributed by atoms with E-state index in [9.17, 15) is 0 Å². The van der Waals surface area contributed by atoms with Crippen molar-refractivity contribution in [3.05, 3.63) is 11.8 Å². The Hall–Kier alpha value is -0.790. The Kier molecular flexibility index (Phi) is 5.53. The van der Waals surface area contributed by atoms with Crippen molar-refractivity contribution in [3.63, 3.8) is 0 Å². The molecule has 0 spiro atoms. The number of aliphatic imine (C=N–C) groups is 1. The fraction of sp³-hybridized carbons (Fsp3) is 0.667. The molecule has 0 rings (SSSR count). The largest absolute Gasteiger partial charge is 0.351 e. The molecule has 0 aromatic carbocycles. The zero-order valence-electron chi connectivity index (χ0n) is 7.89. The highest BCUT2D eigenvalue weighted by Crippen LogP contribution is 1.89. The Bertz CT molecular complexity index is 146.